The summed E-state index contributed by atoms with van der Waals surface area (Å²) in [6, 6.07) is 8.06. The lowest BCUT2D eigenvalue weighted by molar-refractivity contribution is 0.628. The summed E-state index contributed by atoms with van der Waals surface area (Å²) in [6.45, 7) is 2.47. The van der Waals surface area contributed by atoms with Crippen LogP contribution in [0.3, 0.4) is 0 Å². The van der Waals surface area contributed by atoms with Gasteiger partial charge in [0.1, 0.15) is 23.8 Å². The van der Waals surface area contributed by atoms with Gasteiger partial charge in [-0.3, -0.25) is 0 Å². The number of aromatic nitrogens is 2. The molecular formula is C13H16FN5. The van der Waals surface area contributed by atoms with Crippen molar-refractivity contribution in [2.75, 3.05) is 17.2 Å². The van der Waals surface area contributed by atoms with Crippen molar-refractivity contribution >= 4 is 17.3 Å². The van der Waals surface area contributed by atoms with Crippen molar-refractivity contribution in [1.82, 2.24) is 9.97 Å². The van der Waals surface area contributed by atoms with Gasteiger partial charge in [0.2, 0.25) is 0 Å². The number of nitrogens with zero attached hydrogens (tertiary/aromatic N) is 2. The minimum absolute atomic E-state index is 0.122. The Bertz CT molecular complexity index is 546. The molecule has 6 heteroatoms. The highest BCUT2D eigenvalue weighted by Gasteiger charge is 2.03. The number of anilines is 3. The highest BCUT2D eigenvalue weighted by atomic mass is 19.1. The number of halogens is 1. The number of hydrogen-bond donors (Lipinski definition) is 3. The summed E-state index contributed by atoms with van der Waals surface area (Å²) < 4.78 is 13.1. The number of nitrogens with two attached hydrogens (primary N) is 1. The Kier molecular flexibility index (Phi) is 4.25. The van der Waals surface area contributed by atoms with E-state index in [2.05, 4.69) is 20.6 Å². The normalized spacial score (nSPS) is 11.9. The van der Waals surface area contributed by atoms with Crippen molar-refractivity contribution in [3.05, 3.63) is 42.5 Å². The van der Waals surface area contributed by atoms with Crippen LogP contribution in [0, 0.1) is 5.82 Å². The predicted molar refractivity (Wildman–Crippen MR) is 73.9 cm³/mol. The van der Waals surface area contributed by atoms with E-state index in [4.69, 9.17) is 5.73 Å². The van der Waals surface area contributed by atoms with Crippen LogP contribution in [0.5, 0.6) is 0 Å². The lowest BCUT2D eigenvalue weighted by Gasteiger charge is -2.12. The summed E-state index contributed by atoms with van der Waals surface area (Å²) in [7, 11) is 0. The van der Waals surface area contributed by atoms with Crippen molar-refractivity contribution in [3.8, 4) is 0 Å². The molecular weight excluding hydrogens is 245 g/mol. The second-order valence-corrected chi connectivity index (χ2v) is 4.20. The second kappa shape index (κ2) is 6.10. The third-order valence-corrected chi connectivity index (χ3v) is 2.51. The standard InChI is InChI=1S/C13H16FN5/c1-9(7-15)18-12-6-13(17-8-16-12)19-11-4-2-3-10(14)5-11/h2-6,8-9H,7,15H2,1H3,(H2,16,17,18,19). The van der Waals surface area contributed by atoms with Crippen LogP contribution in [0.25, 0.3) is 0 Å². The first kappa shape index (κ1) is 13.2. The van der Waals surface area contributed by atoms with E-state index in [-0.39, 0.29) is 11.9 Å². The Morgan fingerprint density at radius 3 is 2.79 bits per heavy atom. The summed E-state index contributed by atoms with van der Waals surface area (Å²) in [6.07, 6.45) is 1.44. The fraction of sp³-hybridized carbons (Fsp3) is 0.231. The van der Waals surface area contributed by atoms with Gasteiger partial charge in [0.05, 0.1) is 0 Å². The minimum Gasteiger partial charge on any atom is -0.366 e. The van der Waals surface area contributed by atoms with Gasteiger partial charge in [0.25, 0.3) is 0 Å². The first-order chi connectivity index (χ1) is 9.17. The maximum Gasteiger partial charge on any atom is 0.135 e. The third-order valence-electron chi connectivity index (χ3n) is 2.51. The molecule has 1 aromatic carbocycles. The fourth-order valence-electron chi connectivity index (χ4n) is 1.53. The van der Waals surface area contributed by atoms with Gasteiger partial charge in [-0.25, -0.2) is 14.4 Å². The van der Waals surface area contributed by atoms with Crippen molar-refractivity contribution in [2.45, 2.75) is 13.0 Å². The van der Waals surface area contributed by atoms with Gasteiger partial charge >= 0.3 is 0 Å². The zero-order valence-electron chi connectivity index (χ0n) is 10.6. The van der Waals surface area contributed by atoms with Gasteiger partial charge in [-0.2, -0.15) is 0 Å². The highest BCUT2D eigenvalue weighted by Crippen LogP contribution is 2.17. The molecule has 100 valence electrons. The first-order valence-electron chi connectivity index (χ1n) is 5.98. The van der Waals surface area contributed by atoms with Crippen molar-refractivity contribution in [1.29, 1.82) is 0 Å². The Balaban J connectivity index is 2.10. The largest absolute Gasteiger partial charge is 0.366 e. The molecule has 2 aromatic rings. The van der Waals surface area contributed by atoms with Crippen LogP contribution < -0.4 is 16.4 Å². The maximum atomic E-state index is 13.1. The Hall–Kier alpha value is -2.21. The van der Waals surface area contributed by atoms with E-state index < -0.39 is 0 Å². The van der Waals surface area contributed by atoms with Crippen LogP contribution in [-0.4, -0.2) is 22.6 Å². The molecule has 1 aromatic heterocycles. The van der Waals surface area contributed by atoms with Crippen LogP contribution in [0.1, 0.15) is 6.92 Å². The fourth-order valence-corrected chi connectivity index (χ4v) is 1.53. The molecule has 5 nitrogen and oxygen atoms in total. The molecule has 0 bridgehead atoms. The van der Waals surface area contributed by atoms with Crippen LogP contribution in [0.15, 0.2) is 36.7 Å². The van der Waals surface area contributed by atoms with E-state index in [0.29, 0.717) is 23.9 Å². The summed E-state index contributed by atoms with van der Waals surface area (Å²) in [5.74, 6) is 0.966. The van der Waals surface area contributed by atoms with Gasteiger partial charge < -0.3 is 16.4 Å². The first-order valence-corrected chi connectivity index (χ1v) is 5.98. The Morgan fingerprint density at radius 1 is 1.26 bits per heavy atom. The molecule has 0 spiro atoms. The molecule has 2 rings (SSSR count). The third kappa shape index (κ3) is 3.89. The molecule has 0 amide bonds. The number of hydrogen-bond acceptors (Lipinski definition) is 5. The van der Waals surface area contributed by atoms with E-state index in [1.54, 1.807) is 18.2 Å². The molecule has 0 saturated carbocycles. The van der Waals surface area contributed by atoms with Crippen LogP contribution in [0.2, 0.25) is 0 Å². The van der Waals surface area contributed by atoms with Gasteiger partial charge in [-0.1, -0.05) is 6.07 Å². The number of benzene rings is 1. The molecule has 1 heterocycles. The Labute approximate surface area is 111 Å². The zero-order valence-corrected chi connectivity index (χ0v) is 10.6. The molecule has 19 heavy (non-hydrogen) atoms. The number of rotatable bonds is 5. The smallest absolute Gasteiger partial charge is 0.135 e. The Morgan fingerprint density at radius 2 is 2.05 bits per heavy atom. The summed E-state index contributed by atoms with van der Waals surface area (Å²) in [5, 5.41) is 6.15. The quantitative estimate of drug-likeness (QED) is 0.768. The van der Waals surface area contributed by atoms with Gasteiger partial charge in [0.15, 0.2) is 0 Å². The lowest BCUT2D eigenvalue weighted by Crippen LogP contribution is -2.25. The maximum absolute atomic E-state index is 13.1. The van der Waals surface area contributed by atoms with Crippen LogP contribution in [-0.2, 0) is 0 Å². The monoisotopic (exact) mass is 261 g/mol. The molecule has 0 aliphatic heterocycles. The van der Waals surface area contributed by atoms with E-state index in [1.807, 2.05) is 6.92 Å². The molecule has 4 N–H and O–H groups in total. The lowest BCUT2D eigenvalue weighted by atomic mass is 10.3. The molecule has 0 saturated heterocycles. The van der Waals surface area contributed by atoms with E-state index in [1.165, 1.54) is 18.5 Å². The topological polar surface area (TPSA) is 75.9 Å². The summed E-state index contributed by atoms with van der Waals surface area (Å²) in [5.41, 5.74) is 6.17. The molecule has 0 radical (unpaired) electrons. The molecule has 0 fully saturated rings. The second-order valence-electron chi connectivity index (χ2n) is 4.20. The molecule has 0 aliphatic carbocycles. The van der Waals surface area contributed by atoms with E-state index in [0.717, 1.165) is 0 Å². The molecule has 1 unspecified atom stereocenters. The van der Waals surface area contributed by atoms with Crippen molar-refractivity contribution < 1.29 is 4.39 Å². The summed E-state index contributed by atoms with van der Waals surface area (Å²) >= 11 is 0. The predicted octanol–water partition coefficient (Wildman–Crippen LogP) is 2.12. The van der Waals surface area contributed by atoms with Crippen molar-refractivity contribution in [2.24, 2.45) is 5.73 Å². The van der Waals surface area contributed by atoms with Crippen LogP contribution in [0.4, 0.5) is 21.7 Å². The van der Waals surface area contributed by atoms with Gasteiger partial charge in [-0.15, -0.1) is 0 Å². The highest BCUT2D eigenvalue weighted by molar-refractivity contribution is 5.58. The minimum atomic E-state index is -0.297. The molecule has 0 aliphatic rings. The van der Waals surface area contributed by atoms with E-state index >= 15 is 0 Å². The molecule has 1 atom stereocenters. The number of nitrogens with one attached hydrogen (secondary N) is 2. The average Bonchev–Trinajstić information content (AvgIpc) is 2.39. The van der Waals surface area contributed by atoms with Crippen molar-refractivity contribution in [3.63, 3.8) is 0 Å². The summed E-state index contributed by atoms with van der Waals surface area (Å²) in [4.78, 5) is 8.18. The van der Waals surface area contributed by atoms with Gasteiger partial charge in [0, 0.05) is 24.3 Å². The van der Waals surface area contributed by atoms with E-state index in [9.17, 15) is 4.39 Å². The average molecular weight is 261 g/mol. The SMILES string of the molecule is CC(CN)Nc1cc(Nc2cccc(F)c2)ncn1. The van der Waals surface area contributed by atoms with Gasteiger partial charge in [-0.05, 0) is 25.1 Å². The zero-order chi connectivity index (χ0) is 13.7. The van der Waals surface area contributed by atoms with Crippen LogP contribution >= 0.6 is 0 Å².